The quantitative estimate of drug-likeness (QED) is 0.614. The highest BCUT2D eigenvalue weighted by atomic mass is 19.1. The molecular weight excluding hydrogens is 333 g/mol. The largest absolute Gasteiger partial charge is 0.334 e. The number of aryl methyl sites for hydroxylation is 1. The molecule has 2 aromatic heterocycles. The van der Waals surface area contributed by atoms with Crippen LogP contribution in [0.15, 0.2) is 61.1 Å². The highest BCUT2D eigenvalue weighted by Gasteiger charge is 2.13. The Morgan fingerprint density at radius 1 is 1.27 bits per heavy atom. The molecule has 26 heavy (non-hydrogen) atoms. The maximum atomic E-state index is 14.3. The van der Waals surface area contributed by atoms with Gasteiger partial charge in [0.2, 0.25) is 5.95 Å². The van der Waals surface area contributed by atoms with Crippen LogP contribution in [-0.4, -0.2) is 25.4 Å². The zero-order chi connectivity index (χ0) is 21.6. The lowest BCUT2D eigenvalue weighted by Gasteiger charge is -2.07. The van der Waals surface area contributed by atoms with Crippen molar-refractivity contribution in [2.24, 2.45) is 7.05 Å². The third-order valence-corrected chi connectivity index (χ3v) is 3.79. The molecule has 7 heteroatoms. The van der Waals surface area contributed by atoms with Gasteiger partial charge in [-0.3, -0.25) is 10.1 Å². The molecule has 1 N–H and O–H groups in total. The van der Waals surface area contributed by atoms with Gasteiger partial charge in [0.05, 0.1) is 34.8 Å². The molecule has 0 fully saturated rings. The highest BCUT2D eigenvalue weighted by Crippen LogP contribution is 2.23. The third-order valence-electron chi connectivity index (χ3n) is 3.79. The van der Waals surface area contributed by atoms with Crippen LogP contribution in [0, 0.1) is 5.82 Å². The molecular formula is C19H14FN5O. The van der Waals surface area contributed by atoms with Crippen LogP contribution in [0.25, 0.3) is 22.2 Å². The number of amides is 1. The molecule has 6 nitrogen and oxygen atoms in total. The van der Waals surface area contributed by atoms with Gasteiger partial charge in [0, 0.05) is 24.2 Å². The second-order valence-corrected chi connectivity index (χ2v) is 5.50. The van der Waals surface area contributed by atoms with Crippen LogP contribution in [0.3, 0.4) is 0 Å². The van der Waals surface area contributed by atoms with Crippen molar-refractivity contribution in [2.45, 2.75) is 0 Å². The van der Waals surface area contributed by atoms with Gasteiger partial charge in [0.1, 0.15) is 5.82 Å². The number of imidazole rings is 1. The monoisotopic (exact) mass is 351 g/mol. The van der Waals surface area contributed by atoms with Crippen molar-refractivity contribution in [3.05, 3.63) is 72.5 Å². The maximum absolute atomic E-state index is 14.3. The van der Waals surface area contributed by atoms with Gasteiger partial charge in [-0.15, -0.1) is 0 Å². The normalized spacial score (nSPS) is 13.0. The number of nitrogens with zero attached hydrogens (tertiary/aromatic N) is 4. The summed E-state index contributed by atoms with van der Waals surface area (Å²) >= 11 is 0. The van der Waals surface area contributed by atoms with Crippen molar-refractivity contribution in [1.29, 1.82) is 0 Å². The van der Waals surface area contributed by atoms with E-state index in [4.69, 9.17) is 5.48 Å². The SMILES string of the molecule is [2H]c1c([2H])c([2H])c(C(=O)Nc2ncc3ccc(-c4cncn4C)cc3n2)c(F)c1[2H]. The molecule has 0 saturated carbocycles. The van der Waals surface area contributed by atoms with Crippen LogP contribution in [0.1, 0.15) is 15.8 Å². The number of nitrogens with one attached hydrogen (secondary N) is 1. The van der Waals surface area contributed by atoms with Crippen LogP contribution < -0.4 is 5.32 Å². The summed E-state index contributed by atoms with van der Waals surface area (Å²) in [4.78, 5) is 24.9. The Bertz CT molecular complexity index is 1300. The standard InChI is InChI=1S/C19H14FN5O/c1-25-11-21-10-17(25)12-6-7-13-9-22-19(23-16(13)8-12)24-18(26)14-4-2-3-5-15(14)20/h2-11H,1H3,(H,22,23,24,26)/i2D,3D,4D,5D. The summed E-state index contributed by atoms with van der Waals surface area (Å²) in [6.45, 7) is 0. The summed E-state index contributed by atoms with van der Waals surface area (Å²) in [5.41, 5.74) is 1.44. The summed E-state index contributed by atoms with van der Waals surface area (Å²) in [6.07, 6.45) is 4.86. The van der Waals surface area contributed by atoms with Gasteiger partial charge in [-0.2, -0.15) is 0 Å². The zero-order valence-corrected chi connectivity index (χ0v) is 13.5. The first-order chi connectivity index (χ1) is 14.3. The number of rotatable bonds is 3. The van der Waals surface area contributed by atoms with Crippen LogP contribution in [0.4, 0.5) is 10.3 Å². The van der Waals surface area contributed by atoms with Gasteiger partial charge >= 0.3 is 0 Å². The lowest BCUT2D eigenvalue weighted by Crippen LogP contribution is -2.15. The summed E-state index contributed by atoms with van der Waals surface area (Å²) in [5, 5.41) is 3.02. The van der Waals surface area contributed by atoms with Gasteiger partial charge in [-0.25, -0.2) is 19.3 Å². The average Bonchev–Trinajstić information content (AvgIpc) is 3.16. The van der Waals surface area contributed by atoms with E-state index in [2.05, 4.69) is 20.3 Å². The van der Waals surface area contributed by atoms with Crippen LogP contribution in [0.2, 0.25) is 0 Å². The fraction of sp³-hybridized carbons (Fsp3) is 0.0526. The smallest absolute Gasteiger partial charge is 0.260 e. The minimum Gasteiger partial charge on any atom is -0.334 e. The van der Waals surface area contributed by atoms with Crippen LogP contribution in [-0.2, 0) is 7.05 Å². The van der Waals surface area contributed by atoms with Crippen LogP contribution in [0.5, 0.6) is 0 Å². The molecule has 0 aliphatic carbocycles. The topological polar surface area (TPSA) is 72.7 Å². The lowest BCUT2D eigenvalue weighted by atomic mass is 10.1. The third kappa shape index (κ3) is 2.90. The summed E-state index contributed by atoms with van der Waals surface area (Å²) in [7, 11) is 1.86. The predicted molar refractivity (Wildman–Crippen MR) is 96.1 cm³/mol. The van der Waals surface area contributed by atoms with E-state index < -0.39 is 41.5 Å². The van der Waals surface area contributed by atoms with Crippen LogP contribution >= 0.6 is 0 Å². The number of hydrogen-bond acceptors (Lipinski definition) is 4. The Hall–Kier alpha value is -3.61. The van der Waals surface area contributed by atoms with E-state index in [1.54, 1.807) is 18.6 Å². The summed E-state index contributed by atoms with van der Waals surface area (Å²) < 4.78 is 46.6. The summed E-state index contributed by atoms with van der Waals surface area (Å²) in [5.74, 6) is -2.53. The molecule has 0 aliphatic heterocycles. The molecule has 2 heterocycles. The van der Waals surface area contributed by atoms with Crippen molar-refractivity contribution >= 4 is 22.8 Å². The maximum Gasteiger partial charge on any atom is 0.260 e. The first-order valence-corrected chi connectivity index (χ1v) is 7.58. The molecule has 0 spiro atoms. The fourth-order valence-electron chi connectivity index (χ4n) is 2.50. The molecule has 0 unspecified atom stereocenters. The Morgan fingerprint density at radius 2 is 2.12 bits per heavy atom. The molecule has 0 radical (unpaired) electrons. The number of hydrogen-bond donors (Lipinski definition) is 1. The highest BCUT2D eigenvalue weighted by molar-refractivity contribution is 6.03. The number of aromatic nitrogens is 4. The van der Waals surface area contributed by atoms with Crippen molar-refractivity contribution in [2.75, 3.05) is 5.32 Å². The van der Waals surface area contributed by atoms with Crippen molar-refractivity contribution in [3.8, 4) is 11.3 Å². The molecule has 0 aliphatic rings. The molecule has 0 bridgehead atoms. The Morgan fingerprint density at radius 3 is 2.92 bits per heavy atom. The number of anilines is 1. The van der Waals surface area contributed by atoms with E-state index >= 15 is 0 Å². The predicted octanol–water partition coefficient (Wildman–Crippen LogP) is 3.42. The minimum atomic E-state index is -1.34. The lowest BCUT2D eigenvalue weighted by molar-refractivity contribution is 0.102. The average molecular weight is 351 g/mol. The fourth-order valence-corrected chi connectivity index (χ4v) is 2.50. The van der Waals surface area contributed by atoms with E-state index in [-0.39, 0.29) is 5.95 Å². The molecule has 0 atom stereocenters. The van der Waals surface area contributed by atoms with E-state index in [9.17, 15) is 9.18 Å². The van der Waals surface area contributed by atoms with Crippen molar-refractivity contribution in [1.82, 2.24) is 19.5 Å². The first kappa shape index (κ1) is 11.9. The van der Waals surface area contributed by atoms with Gasteiger partial charge in [0.25, 0.3) is 5.91 Å². The Balaban J connectivity index is 1.71. The molecule has 4 aromatic rings. The number of fused-ring (bicyclic) bond motifs is 1. The van der Waals surface area contributed by atoms with Gasteiger partial charge in [0.15, 0.2) is 0 Å². The van der Waals surface area contributed by atoms with Crippen molar-refractivity contribution < 1.29 is 14.7 Å². The summed E-state index contributed by atoms with van der Waals surface area (Å²) in [6, 6.07) is 2.35. The van der Waals surface area contributed by atoms with Gasteiger partial charge in [-0.1, -0.05) is 24.2 Å². The van der Waals surface area contributed by atoms with Gasteiger partial charge < -0.3 is 4.57 Å². The van der Waals surface area contributed by atoms with E-state index in [0.29, 0.717) is 10.9 Å². The molecule has 128 valence electrons. The van der Waals surface area contributed by atoms with E-state index in [1.807, 2.05) is 23.7 Å². The number of benzene rings is 2. The van der Waals surface area contributed by atoms with Gasteiger partial charge in [-0.05, 0) is 18.2 Å². The number of carbonyl (C=O) groups is 1. The Kier molecular flexibility index (Phi) is 2.90. The second-order valence-electron chi connectivity index (χ2n) is 5.50. The molecule has 1 amide bonds. The van der Waals surface area contributed by atoms with E-state index in [1.165, 1.54) is 6.20 Å². The molecule has 2 aromatic carbocycles. The minimum absolute atomic E-state index is 0.124. The molecule has 0 saturated heterocycles. The number of carbonyl (C=O) groups excluding carboxylic acids is 1. The second kappa shape index (κ2) is 6.36. The van der Waals surface area contributed by atoms with E-state index in [0.717, 1.165) is 11.3 Å². The zero-order valence-electron chi connectivity index (χ0n) is 17.5. The molecule has 4 rings (SSSR count). The first-order valence-electron chi connectivity index (χ1n) is 9.58. The number of halogens is 1. The van der Waals surface area contributed by atoms with Crippen molar-refractivity contribution in [3.63, 3.8) is 0 Å². The Labute approximate surface area is 154 Å².